The molecule has 0 aliphatic heterocycles. The summed E-state index contributed by atoms with van der Waals surface area (Å²) in [6, 6.07) is 4.97. The van der Waals surface area contributed by atoms with Crippen molar-refractivity contribution < 1.29 is 18.9 Å². The van der Waals surface area contributed by atoms with E-state index >= 15 is 0 Å². The van der Waals surface area contributed by atoms with Crippen LogP contribution in [0.3, 0.4) is 0 Å². The fourth-order valence-corrected chi connectivity index (χ4v) is 6.32. The van der Waals surface area contributed by atoms with E-state index in [0.717, 1.165) is 12.1 Å². The molecule has 0 unspecified atom stereocenters. The number of ether oxygens (including phenoxy) is 4. The van der Waals surface area contributed by atoms with Gasteiger partial charge >= 0.3 is 0 Å². The Bertz CT molecular complexity index is 368. The van der Waals surface area contributed by atoms with Crippen LogP contribution < -0.4 is 0 Å². The molecule has 0 amide bonds. The fraction of sp³-hybridized carbons (Fsp3) is 1.00. The van der Waals surface area contributed by atoms with Crippen molar-refractivity contribution in [3.63, 3.8) is 0 Å². The van der Waals surface area contributed by atoms with Gasteiger partial charge in [0.2, 0.25) is 0 Å². The van der Waals surface area contributed by atoms with Crippen LogP contribution >= 0.6 is 0 Å². The molecule has 0 saturated carbocycles. The lowest BCUT2D eigenvalue weighted by Gasteiger charge is -2.33. The summed E-state index contributed by atoms with van der Waals surface area (Å²) in [6.07, 6.45) is 2.58. The van der Waals surface area contributed by atoms with Crippen molar-refractivity contribution in [1.29, 1.82) is 0 Å². The van der Waals surface area contributed by atoms with Gasteiger partial charge in [-0.2, -0.15) is 0 Å². The van der Waals surface area contributed by atoms with E-state index in [9.17, 15) is 0 Å². The highest BCUT2D eigenvalue weighted by Crippen LogP contribution is 2.22. The fourth-order valence-electron chi connectivity index (χ4n) is 3.19. The third-order valence-electron chi connectivity index (χ3n) is 4.07. The summed E-state index contributed by atoms with van der Waals surface area (Å²) in [5.41, 5.74) is -0.624. The van der Waals surface area contributed by atoms with Crippen molar-refractivity contribution in [3.8, 4) is 0 Å². The maximum atomic E-state index is 6.16. The van der Waals surface area contributed by atoms with Crippen molar-refractivity contribution in [1.82, 2.24) is 0 Å². The van der Waals surface area contributed by atoms with Crippen molar-refractivity contribution in [2.45, 2.75) is 155 Å². The molecule has 0 aromatic heterocycles. The van der Waals surface area contributed by atoms with Crippen LogP contribution in [-0.4, -0.2) is 54.0 Å². The van der Waals surface area contributed by atoms with Crippen LogP contribution in [0.25, 0.3) is 0 Å². The van der Waals surface area contributed by atoms with Gasteiger partial charge < -0.3 is 18.9 Å². The molecule has 0 aromatic carbocycles. The zero-order valence-corrected chi connectivity index (χ0v) is 25.3. The highest BCUT2D eigenvalue weighted by atomic mass is 28.2. The van der Waals surface area contributed by atoms with Gasteiger partial charge in [-0.15, -0.1) is 0 Å². The van der Waals surface area contributed by atoms with E-state index in [-0.39, 0.29) is 54.0 Å². The summed E-state index contributed by atoms with van der Waals surface area (Å²) in [4.78, 5) is 0. The molecule has 0 spiro atoms. The van der Waals surface area contributed by atoms with E-state index in [4.69, 9.17) is 18.9 Å². The van der Waals surface area contributed by atoms with Crippen LogP contribution in [0.1, 0.15) is 95.9 Å². The summed E-state index contributed by atoms with van der Waals surface area (Å²) < 4.78 is 24.6. The van der Waals surface area contributed by atoms with Crippen molar-refractivity contribution in [2.24, 2.45) is 0 Å². The minimum Gasteiger partial charge on any atom is -0.347 e. The number of rotatable bonds is 13. The third-order valence-corrected chi connectivity index (χ3v) is 7.83. The predicted octanol–water partition coefficient (Wildman–Crippen LogP) is 5.69. The Kier molecular flexibility index (Phi) is 13.2. The number of unbranched alkanes of at least 4 members (excludes halogenated alkanes) is 1. The van der Waals surface area contributed by atoms with E-state index in [1.165, 1.54) is 24.9 Å². The number of hydrogen-bond acceptors (Lipinski definition) is 4. The molecule has 6 heteroatoms. The zero-order valence-electron chi connectivity index (χ0n) is 22.4. The van der Waals surface area contributed by atoms with Gasteiger partial charge in [0.05, 0.1) is 22.4 Å². The van der Waals surface area contributed by atoms with Crippen molar-refractivity contribution >= 4 is 19.0 Å². The van der Waals surface area contributed by atoms with E-state index in [0.29, 0.717) is 0 Å². The molecule has 0 saturated heterocycles. The van der Waals surface area contributed by atoms with Gasteiger partial charge in [0.15, 0.2) is 12.6 Å². The van der Waals surface area contributed by atoms with Crippen molar-refractivity contribution in [2.75, 3.05) is 0 Å². The summed E-state index contributed by atoms with van der Waals surface area (Å²) >= 11 is 0. The Hall–Kier alpha value is 0.274. The molecule has 0 fully saturated rings. The van der Waals surface area contributed by atoms with Crippen LogP contribution in [0.15, 0.2) is 0 Å². The zero-order chi connectivity index (χ0) is 23.6. The molecule has 182 valence electrons. The Morgan fingerprint density at radius 2 is 0.700 bits per heavy atom. The van der Waals surface area contributed by atoms with Crippen LogP contribution in [0.5, 0.6) is 0 Å². The quantitative estimate of drug-likeness (QED) is 0.200. The molecular weight excluding hydrogens is 408 g/mol. The van der Waals surface area contributed by atoms with Gasteiger partial charge in [0, 0.05) is 19.0 Å². The normalized spacial score (nSPS) is 15.0. The highest BCUT2D eigenvalue weighted by molar-refractivity contribution is 6.36. The maximum Gasteiger partial charge on any atom is 0.156 e. The molecule has 0 aromatic rings. The second-order valence-electron chi connectivity index (χ2n) is 12.5. The summed E-state index contributed by atoms with van der Waals surface area (Å²) in [7, 11) is -0.308. The monoisotopic (exact) mass is 462 g/mol. The molecule has 0 aliphatic carbocycles. The van der Waals surface area contributed by atoms with Gasteiger partial charge in [-0.3, -0.25) is 0 Å². The van der Waals surface area contributed by atoms with Crippen molar-refractivity contribution in [3.05, 3.63) is 0 Å². The van der Waals surface area contributed by atoms with Crippen LogP contribution in [0, 0.1) is 0 Å². The Balaban J connectivity index is 4.14. The van der Waals surface area contributed by atoms with Gasteiger partial charge in [0.25, 0.3) is 0 Å². The summed E-state index contributed by atoms with van der Waals surface area (Å²) in [6.45, 7) is 25.3. The minimum absolute atomic E-state index is 0.0594. The topological polar surface area (TPSA) is 36.9 Å². The highest BCUT2D eigenvalue weighted by Gasteiger charge is 2.25. The molecule has 0 rings (SSSR count). The van der Waals surface area contributed by atoms with Crippen LogP contribution in [0.2, 0.25) is 24.2 Å². The van der Waals surface area contributed by atoms with Gasteiger partial charge in [-0.1, -0.05) is 24.9 Å². The van der Waals surface area contributed by atoms with Crippen LogP contribution in [-0.2, 0) is 18.9 Å². The number of hydrogen-bond donors (Lipinski definition) is 0. The second-order valence-corrected chi connectivity index (χ2v) is 16.5. The molecule has 0 bridgehead atoms. The van der Waals surface area contributed by atoms with Crippen LogP contribution in [0.4, 0.5) is 0 Å². The first kappa shape index (κ1) is 30.3. The van der Waals surface area contributed by atoms with E-state index in [2.05, 4.69) is 83.1 Å². The second kappa shape index (κ2) is 13.1. The Labute approximate surface area is 193 Å². The molecule has 0 aliphatic rings. The first-order valence-corrected chi connectivity index (χ1v) is 16.1. The molecular formula is C24H54O4Si2. The minimum atomic E-state index is -0.156. The Morgan fingerprint density at radius 3 is 0.900 bits per heavy atom. The average Bonchev–Trinajstić information content (AvgIpc) is 2.42. The SMILES string of the molecule is CC(C)(C)OC(C[SiH2]CCCC[SiH2]CC(OC(C)(C)C)OC(C)(C)C)OC(C)(C)C. The van der Waals surface area contributed by atoms with Gasteiger partial charge in [-0.25, -0.2) is 0 Å². The first-order chi connectivity index (χ1) is 13.4. The first-order valence-electron chi connectivity index (χ1n) is 12.1. The summed E-state index contributed by atoms with van der Waals surface area (Å²) in [5, 5.41) is 0. The molecule has 0 heterocycles. The molecule has 0 radical (unpaired) electrons. The van der Waals surface area contributed by atoms with E-state index in [1.807, 2.05) is 0 Å². The van der Waals surface area contributed by atoms with Gasteiger partial charge in [0.1, 0.15) is 0 Å². The molecule has 4 nitrogen and oxygen atoms in total. The largest absolute Gasteiger partial charge is 0.347 e. The van der Waals surface area contributed by atoms with E-state index in [1.54, 1.807) is 0 Å². The summed E-state index contributed by atoms with van der Waals surface area (Å²) in [5.74, 6) is 0. The molecule has 30 heavy (non-hydrogen) atoms. The lowest BCUT2D eigenvalue weighted by molar-refractivity contribution is -0.224. The Morgan fingerprint density at radius 1 is 0.467 bits per heavy atom. The lowest BCUT2D eigenvalue weighted by Crippen LogP contribution is -2.35. The standard InChI is InChI=1S/C24H54O4Si2/c1-21(2,3)25-19(26-22(4,5)6)17-29-15-13-14-16-30-18-20(27-23(7,8)9)28-24(10,11)12/h19-20H,13-18,29-30H2,1-12H3. The maximum absolute atomic E-state index is 6.16. The average molecular weight is 463 g/mol. The predicted molar refractivity (Wildman–Crippen MR) is 136 cm³/mol. The molecule has 0 atom stereocenters. The van der Waals surface area contributed by atoms with Gasteiger partial charge in [-0.05, 0) is 95.2 Å². The smallest absolute Gasteiger partial charge is 0.156 e. The third kappa shape index (κ3) is 21.5. The lowest BCUT2D eigenvalue weighted by atomic mass is 10.2. The molecule has 0 N–H and O–H groups in total. The van der Waals surface area contributed by atoms with E-state index < -0.39 is 0 Å².